The van der Waals surface area contributed by atoms with Crippen molar-refractivity contribution in [2.45, 2.75) is 6.42 Å². The Bertz CT molecular complexity index is 931. The van der Waals surface area contributed by atoms with E-state index in [0.29, 0.717) is 0 Å². The van der Waals surface area contributed by atoms with Gasteiger partial charge in [-0.2, -0.15) is 0 Å². The smallest absolute Gasteiger partial charge is 0.0629 e. The number of allylic oxidation sites excluding steroid dienone is 4. The van der Waals surface area contributed by atoms with Crippen LogP contribution in [0.1, 0.15) is 17.5 Å². The Morgan fingerprint density at radius 2 is 1.65 bits per heavy atom. The van der Waals surface area contributed by atoms with E-state index in [-0.39, 0.29) is 0 Å². The van der Waals surface area contributed by atoms with E-state index < -0.39 is 0 Å². The molecule has 0 atom stereocenters. The molecule has 1 aliphatic carbocycles. The zero-order valence-corrected chi connectivity index (χ0v) is 12.8. The summed E-state index contributed by atoms with van der Waals surface area (Å²) < 4.78 is 0. The van der Waals surface area contributed by atoms with Crippen LogP contribution in [0.5, 0.6) is 0 Å². The van der Waals surface area contributed by atoms with Crippen molar-refractivity contribution in [1.82, 2.24) is 0 Å². The van der Waals surface area contributed by atoms with E-state index in [1.165, 1.54) is 27.5 Å². The first kappa shape index (κ1) is 13.7. The zero-order valence-electron chi connectivity index (χ0n) is 12.8. The summed E-state index contributed by atoms with van der Waals surface area (Å²) in [5.41, 5.74) is 4.80. The summed E-state index contributed by atoms with van der Waals surface area (Å²) >= 11 is 0. The van der Waals surface area contributed by atoms with Gasteiger partial charge in [0, 0.05) is 11.8 Å². The minimum Gasteiger partial charge on any atom is -0.256 e. The molecule has 0 saturated carbocycles. The first-order valence-electron chi connectivity index (χ1n) is 7.89. The zero-order chi connectivity index (χ0) is 15.5. The summed E-state index contributed by atoms with van der Waals surface area (Å²) in [7, 11) is 0. The summed E-state index contributed by atoms with van der Waals surface area (Å²) in [5.74, 6) is 0. The third-order valence-corrected chi connectivity index (χ3v) is 4.19. The lowest BCUT2D eigenvalue weighted by molar-refractivity contribution is 1.43. The minimum absolute atomic E-state index is 0.977. The highest BCUT2D eigenvalue weighted by Gasteiger charge is 2.10. The second kappa shape index (κ2) is 6.05. The van der Waals surface area contributed by atoms with Gasteiger partial charge in [-0.3, -0.25) is 4.99 Å². The maximum absolute atomic E-state index is 4.69. The molecule has 0 bridgehead atoms. The predicted molar refractivity (Wildman–Crippen MR) is 99.4 cm³/mol. The van der Waals surface area contributed by atoms with Gasteiger partial charge in [0.15, 0.2) is 0 Å². The average Bonchev–Trinajstić information content (AvgIpc) is 3.15. The van der Waals surface area contributed by atoms with Crippen molar-refractivity contribution in [3.63, 3.8) is 0 Å². The van der Waals surface area contributed by atoms with Crippen molar-refractivity contribution >= 4 is 28.2 Å². The van der Waals surface area contributed by atoms with Crippen LogP contribution < -0.4 is 0 Å². The third kappa shape index (κ3) is 2.74. The van der Waals surface area contributed by atoms with Gasteiger partial charge in [-0.1, -0.05) is 72.8 Å². The molecule has 1 aliphatic rings. The van der Waals surface area contributed by atoms with Crippen molar-refractivity contribution in [3.05, 3.63) is 96.1 Å². The summed E-state index contributed by atoms with van der Waals surface area (Å²) in [6.07, 6.45) is 9.52. The van der Waals surface area contributed by atoms with Gasteiger partial charge in [0.25, 0.3) is 0 Å². The molecule has 0 aliphatic heterocycles. The fourth-order valence-corrected chi connectivity index (χ4v) is 3.01. The molecule has 0 unspecified atom stereocenters. The Hall–Kier alpha value is -2.93. The van der Waals surface area contributed by atoms with E-state index in [1.54, 1.807) is 0 Å². The van der Waals surface area contributed by atoms with Crippen LogP contribution in [-0.4, -0.2) is 6.21 Å². The van der Waals surface area contributed by atoms with Crippen LogP contribution in [-0.2, 0) is 0 Å². The van der Waals surface area contributed by atoms with Crippen molar-refractivity contribution < 1.29 is 0 Å². The number of fused-ring (bicyclic) bond motifs is 1. The lowest BCUT2D eigenvalue weighted by Crippen LogP contribution is -1.93. The molecule has 0 amide bonds. The third-order valence-electron chi connectivity index (χ3n) is 4.19. The first-order valence-corrected chi connectivity index (χ1v) is 7.89. The molecule has 0 heterocycles. The van der Waals surface area contributed by atoms with Crippen LogP contribution in [0.2, 0.25) is 0 Å². The van der Waals surface area contributed by atoms with Crippen LogP contribution in [0.3, 0.4) is 0 Å². The van der Waals surface area contributed by atoms with Gasteiger partial charge in [0.1, 0.15) is 0 Å². The van der Waals surface area contributed by atoms with E-state index >= 15 is 0 Å². The Balaban J connectivity index is 1.87. The molecule has 0 aromatic heterocycles. The molecule has 0 spiro atoms. The lowest BCUT2D eigenvalue weighted by atomic mass is 9.94. The lowest BCUT2D eigenvalue weighted by Gasteiger charge is -2.11. The summed E-state index contributed by atoms with van der Waals surface area (Å²) in [6.45, 7) is 0. The minimum atomic E-state index is 0.977. The first-order chi connectivity index (χ1) is 11.4. The molecule has 0 N–H and O–H groups in total. The molecule has 3 aromatic carbocycles. The highest BCUT2D eigenvalue weighted by Crippen LogP contribution is 2.30. The van der Waals surface area contributed by atoms with Crippen molar-refractivity contribution in [2.24, 2.45) is 4.99 Å². The maximum atomic E-state index is 4.69. The molecule has 4 rings (SSSR count). The monoisotopic (exact) mass is 295 g/mol. The van der Waals surface area contributed by atoms with E-state index in [0.717, 1.165) is 12.1 Å². The number of rotatable bonds is 3. The van der Waals surface area contributed by atoms with Gasteiger partial charge >= 0.3 is 0 Å². The normalized spacial score (nSPS) is 13.8. The largest absolute Gasteiger partial charge is 0.256 e. The molecule has 0 fully saturated rings. The number of benzene rings is 3. The Labute approximate surface area is 136 Å². The Kier molecular flexibility index (Phi) is 3.61. The Morgan fingerprint density at radius 3 is 2.48 bits per heavy atom. The molecule has 0 radical (unpaired) electrons. The number of hydrogen-bond acceptors (Lipinski definition) is 1. The van der Waals surface area contributed by atoms with E-state index in [1.807, 2.05) is 36.5 Å². The van der Waals surface area contributed by atoms with Gasteiger partial charge in [-0.05, 0) is 40.5 Å². The van der Waals surface area contributed by atoms with Crippen molar-refractivity contribution in [1.29, 1.82) is 0 Å². The molecule has 0 saturated heterocycles. The molecule has 23 heavy (non-hydrogen) atoms. The van der Waals surface area contributed by atoms with Gasteiger partial charge in [-0.25, -0.2) is 0 Å². The van der Waals surface area contributed by atoms with Crippen LogP contribution in [0.15, 0.2) is 90.0 Å². The van der Waals surface area contributed by atoms with Crippen LogP contribution in [0.25, 0.3) is 16.3 Å². The van der Waals surface area contributed by atoms with Crippen LogP contribution in [0, 0.1) is 0 Å². The number of hydrogen-bond donors (Lipinski definition) is 0. The molecule has 1 heteroatoms. The SMILES string of the molecule is C1=CCC(c2ccc3ccccc3c2C=Nc2ccccc2)=C1. The van der Waals surface area contributed by atoms with Gasteiger partial charge in [0.05, 0.1) is 5.69 Å². The molecular formula is C22H17N. The van der Waals surface area contributed by atoms with Crippen molar-refractivity contribution in [2.75, 3.05) is 0 Å². The van der Waals surface area contributed by atoms with Crippen LogP contribution >= 0.6 is 0 Å². The standard InChI is InChI=1S/C22H17N/c1-2-11-19(12-3-1)23-16-22-20-13-7-6-10-18(20)14-15-21(22)17-8-4-5-9-17/h1-8,10-16H,9H2. The van der Waals surface area contributed by atoms with Gasteiger partial charge < -0.3 is 0 Å². The van der Waals surface area contributed by atoms with Gasteiger partial charge in [0.2, 0.25) is 0 Å². The summed E-state index contributed by atoms with van der Waals surface area (Å²) in [4.78, 5) is 4.69. The number of nitrogens with zero attached hydrogens (tertiary/aromatic N) is 1. The number of aliphatic imine (C=N–C) groups is 1. The highest BCUT2D eigenvalue weighted by atomic mass is 14.7. The maximum Gasteiger partial charge on any atom is 0.0629 e. The molecule has 110 valence electrons. The highest BCUT2D eigenvalue weighted by molar-refractivity contribution is 6.05. The fraction of sp³-hybridized carbons (Fsp3) is 0.0455. The second-order valence-electron chi connectivity index (χ2n) is 5.67. The molecule has 3 aromatic rings. The summed E-state index contributed by atoms with van der Waals surface area (Å²) in [6, 6.07) is 23.0. The predicted octanol–water partition coefficient (Wildman–Crippen LogP) is 5.93. The number of para-hydroxylation sites is 1. The van der Waals surface area contributed by atoms with E-state index in [9.17, 15) is 0 Å². The quantitative estimate of drug-likeness (QED) is 0.531. The van der Waals surface area contributed by atoms with E-state index in [2.05, 4.69) is 59.6 Å². The van der Waals surface area contributed by atoms with E-state index in [4.69, 9.17) is 0 Å². The van der Waals surface area contributed by atoms with Crippen LogP contribution in [0.4, 0.5) is 5.69 Å². The van der Waals surface area contributed by atoms with Crippen molar-refractivity contribution in [3.8, 4) is 0 Å². The van der Waals surface area contributed by atoms with Gasteiger partial charge in [-0.15, -0.1) is 0 Å². The Morgan fingerprint density at radius 1 is 0.826 bits per heavy atom. The average molecular weight is 295 g/mol. The fourth-order valence-electron chi connectivity index (χ4n) is 3.01. The molecular weight excluding hydrogens is 278 g/mol. The summed E-state index contributed by atoms with van der Waals surface area (Å²) in [5, 5.41) is 2.50. The second-order valence-corrected chi connectivity index (χ2v) is 5.67. The topological polar surface area (TPSA) is 12.4 Å². The molecule has 1 nitrogen and oxygen atoms in total.